The minimum absolute atomic E-state index is 0.0509. The van der Waals surface area contributed by atoms with Crippen molar-refractivity contribution in [2.24, 2.45) is 11.1 Å². The molecule has 88 valence electrons. The molecule has 0 aliphatic heterocycles. The van der Waals surface area contributed by atoms with Crippen LogP contribution in [-0.4, -0.2) is 17.6 Å². The van der Waals surface area contributed by atoms with Crippen molar-refractivity contribution < 1.29 is 14.3 Å². The van der Waals surface area contributed by atoms with Crippen LogP contribution in [0.15, 0.2) is 24.3 Å². The number of benzene rings is 1. The molecule has 0 fully saturated rings. The lowest BCUT2D eigenvalue weighted by Gasteiger charge is -2.26. The second-order valence-corrected chi connectivity index (χ2v) is 3.95. The lowest BCUT2D eigenvalue weighted by molar-refractivity contribution is -0.148. The molecular weight excluding hydrogens is 209 g/mol. The first kappa shape index (κ1) is 12.6. The summed E-state index contributed by atoms with van der Waals surface area (Å²) in [5, 5.41) is 9.18. The van der Waals surface area contributed by atoms with Gasteiger partial charge in [0.05, 0.1) is 5.41 Å². The Hall–Kier alpha value is -1.42. The number of hydrogen-bond acceptors (Lipinski definition) is 2. The van der Waals surface area contributed by atoms with Gasteiger partial charge in [0.1, 0.15) is 5.82 Å². The maximum Gasteiger partial charge on any atom is 0.311 e. The number of carbonyl (C=O) groups is 1. The zero-order valence-corrected chi connectivity index (χ0v) is 9.24. The Labute approximate surface area is 94.1 Å². The molecule has 0 aromatic heterocycles. The second-order valence-electron chi connectivity index (χ2n) is 3.95. The van der Waals surface area contributed by atoms with Crippen molar-refractivity contribution in [3.63, 3.8) is 0 Å². The Morgan fingerprint density at radius 1 is 1.56 bits per heavy atom. The van der Waals surface area contributed by atoms with E-state index >= 15 is 0 Å². The van der Waals surface area contributed by atoms with Gasteiger partial charge in [-0.2, -0.15) is 0 Å². The lowest BCUT2D eigenvalue weighted by atomic mass is 9.79. The predicted octanol–water partition coefficient (Wildman–Crippen LogP) is 1.81. The molecule has 3 nitrogen and oxygen atoms in total. The summed E-state index contributed by atoms with van der Waals surface area (Å²) in [6.07, 6.45) is 0.683. The van der Waals surface area contributed by atoms with E-state index in [1.165, 1.54) is 12.1 Å². The number of halogens is 1. The zero-order valence-electron chi connectivity index (χ0n) is 9.24. The van der Waals surface area contributed by atoms with Gasteiger partial charge in [-0.3, -0.25) is 4.79 Å². The molecule has 0 radical (unpaired) electrons. The molecule has 0 aliphatic rings. The highest BCUT2D eigenvalue weighted by Gasteiger charge is 2.35. The van der Waals surface area contributed by atoms with E-state index in [0.29, 0.717) is 12.0 Å². The van der Waals surface area contributed by atoms with Crippen molar-refractivity contribution in [2.45, 2.75) is 19.8 Å². The first-order valence-corrected chi connectivity index (χ1v) is 5.22. The first-order valence-electron chi connectivity index (χ1n) is 5.22. The fourth-order valence-electron chi connectivity index (χ4n) is 1.69. The molecule has 1 unspecified atom stereocenters. The zero-order chi connectivity index (χ0) is 12.2. The molecule has 3 N–H and O–H groups in total. The standard InChI is InChI=1S/C12H16FNO2/c1-2-12(8-14,11(15)16)7-9-4-3-5-10(13)6-9/h3-6H,2,7-8,14H2,1H3,(H,15,16). The van der Waals surface area contributed by atoms with E-state index in [-0.39, 0.29) is 18.8 Å². The Morgan fingerprint density at radius 3 is 2.69 bits per heavy atom. The molecule has 4 heteroatoms. The Kier molecular flexibility index (Phi) is 4.01. The van der Waals surface area contributed by atoms with Gasteiger partial charge in [0.25, 0.3) is 0 Å². The third-order valence-electron chi connectivity index (χ3n) is 2.95. The number of nitrogens with two attached hydrogens (primary N) is 1. The van der Waals surface area contributed by atoms with Crippen LogP contribution < -0.4 is 5.73 Å². The van der Waals surface area contributed by atoms with Crippen LogP contribution in [0.5, 0.6) is 0 Å². The Bertz CT molecular complexity index is 375. The maximum atomic E-state index is 13.0. The highest BCUT2D eigenvalue weighted by Crippen LogP contribution is 2.26. The van der Waals surface area contributed by atoms with Crippen LogP contribution in [0.25, 0.3) is 0 Å². The summed E-state index contributed by atoms with van der Waals surface area (Å²) in [6.45, 7) is 1.83. The summed E-state index contributed by atoms with van der Waals surface area (Å²) in [6, 6.07) is 5.97. The third kappa shape index (κ3) is 2.58. The van der Waals surface area contributed by atoms with Crippen LogP contribution in [0.4, 0.5) is 4.39 Å². The molecule has 1 rings (SSSR count). The molecule has 0 amide bonds. The quantitative estimate of drug-likeness (QED) is 0.803. The van der Waals surface area contributed by atoms with Crippen molar-refractivity contribution >= 4 is 5.97 Å². The van der Waals surface area contributed by atoms with Crippen LogP contribution in [0.1, 0.15) is 18.9 Å². The highest BCUT2D eigenvalue weighted by molar-refractivity contribution is 5.75. The van der Waals surface area contributed by atoms with E-state index in [0.717, 1.165) is 0 Å². The van der Waals surface area contributed by atoms with Crippen LogP contribution in [0.2, 0.25) is 0 Å². The summed E-state index contributed by atoms with van der Waals surface area (Å²) < 4.78 is 13.0. The van der Waals surface area contributed by atoms with E-state index in [1.807, 2.05) is 0 Å². The van der Waals surface area contributed by atoms with Crippen molar-refractivity contribution in [1.82, 2.24) is 0 Å². The third-order valence-corrected chi connectivity index (χ3v) is 2.95. The SMILES string of the molecule is CCC(CN)(Cc1cccc(F)c1)C(=O)O. The van der Waals surface area contributed by atoms with Crippen LogP contribution in [0.3, 0.4) is 0 Å². The van der Waals surface area contributed by atoms with Gasteiger partial charge in [-0.25, -0.2) is 4.39 Å². The summed E-state index contributed by atoms with van der Waals surface area (Å²) in [5.74, 6) is -1.29. The maximum absolute atomic E-state index is 13.0. The van der Waals surface area contributed by atoms with Gasteiger partial charge >= 0.3 is 5.97 Å². The number of aliphatic carboxylic acids is 1. The van der Waals surface area contributed by atoms with E-state index in [1.54, 1.807) is 19.1 Å². The smallest absolute Gasteiger partial charge is 0.311 e. The van der Waals surface area contributed by atoms with Crippen LogP contribution in [-0.2, 0) is 11.2 Å². The summed E-state index contributed by atoms with van der Waals surface area (Å²) >= 11 is 0. The van der Waals surface area contributed by atoms with E-state index < -0.39 is 11.4 Å². The molecule has 0 heterocycles. The molecule has 0 aliphatic carbocycles. The fraction of sp³-hybridized carbons (Fsp3) is 0.417. The average molecular weight is 225 g/mol. The minimum atomic E-state index is -0.992. The molecule has 16 heavy (non-hydrogen) atoms. The number of carboxylic acids is 1. The first-order chi connectivity index (χ1) is 7.54. The van der Waals surface area contributed by atoms with Gasteiger partial charge in [0, 0.05) is 6.54 Å². The molecule has 1 aromatic rings. The molecule has 1 aromatic carbocycles. The largest absolute Gasteiger partial charge is 0.481 e. The summed E-state index contributed by atoms with van der Waals surface area (Å²) in [4.78, 5) is 11.2. The molecular formula is C12H16FNO2. The van der Waals surface area contributed by atoms with Crippen molar-refractivity contribution in [3.8, 4) is 0 Å². The average Bonchev–Trinajstić information content (AvgIpc) is 2.25. The molecule has 1 atom stereocenters. The van der Waals surface area contributed by atoms with Crippen molar-refractivity contribution in [3.05, 3.63) is 35.6 Å². The Balaban J connectivity index is 2.96. The second kappa shape index (κ2) is 5.07. The number of rotatable bonds is 5. The van der Waals surface area contributed by atoms with E-state index in [9.17, 15) is 14.3 Å². The van der Waals surface area contributed by atoms with E-state index in [4.69, 9.17) is 5.73 Å². The van der Waals surface area contributed by atoms with Gasteiger partial charge in [0.2, 0.25) is 0 Å². The topological polar surface area (TPSA) is 63.3 Å². The van der Waals surface area contributed by atoms with Crippen molar-refractivity contribution in [1.29, 1.82) is 0 Å². The predicted molar refractivity (Wildman–Crippen MR) is 59.5 cm³/mol. The molecule has 0 bridgehead atoms. The molecule has 0 saturated carbocycles. The van der Waals surface area contributed by atoms with Crippen molar-refractivity contribution in [2.75, 3.05) is 6.54 Å². The van der Waals surface area contributed by atoms with E-state index in [2.05, 4.69) is 0 Å². The summed E-state index contributed by atoms with van der Waals surface area (Å²) in [7, 11) is 0. The molecule has 0 saturated heterocycles. The highest BCUT2D eigenvalue weighted by atomic mass is 19.1. The lowest BCUT2D eigenvalue weighted by Crippen LogP contribution is -2.40. The van der Waals surface area contributed by atoms with Gasteiger partial charge < -0.3 is 10.8 Å². The minimum Gasteiger partial charge on any atom is -0.481 e. The number of carboxylic acid groups (broad SMARTS) is 1. The van der Waals surface area contributed by atoms with Gasteiger partial charge in [-0.15, -0.1) is 0 Å². The normalized spacial score (nSPS) is 14.4. The monoisotopic (exact) mass is 225 g/mol. The van der Waals surface area contributed by atoms with Gasteiger partial charge in [-0.05, 0) is 30.5 Å². The van der Waals surface area contributed by atoms with Crippen LogP contribution >= 0.6 is 0 Å². The van der Waals surface area contributed by atoms with Gasteiger partial charge in [0.15, 0.2) is 0 Å². The number of hydrogen-bond donors (Lipinski definition) is 2. The fourth-order valence-corrected chi connectivity index (χ4v) is 1.69. The van der Waals surface area contributed by atoms with Crippen LogP contribution in [0, 0.1) is 11.2 Å². The molecule has 0 spiro atoms. The Morgan fingerprint density at radius 2 is 2.25 bits per heavy atom. The summed E-state index contributed by atoms with van der Waals surface area (Å²) in [5.41, 5.74) is 5.20. The van der Waals surface area contributed by atoms with Gasteiger partial charge in [-0.1, -0.05) is 19.1 Å².